The van der Waals surface area contributed by atoms with Gasteiger partial charge in [0.05, 0.1) is 45.7 Å². The third-order valence-corrected chi connectivity index (χ3v) is 5.80. The summed E-state index contributed by atoms with van der Waals surface area (Å²) in [4.78, 5) is 47.5. The molecule has 0 fully saturated rings. The van der Waals surface area contributed by atoms with E-state index in [-0.39, 0.29) is 76.0 Å². The Labute approximate surface area is 254 Å². The summed E-state index contributed by atoms with van der Waals surface area (Å²) in [6.45, 7) is 4.78. The lowest BCUT2D eigenvalue weighted by Crippen LogP contribution is -2.47. The van der Waals surface area contributed by atoms with Gasteiger partial charge < -0.3 is 52.1 Å². The maximum absolute atomic E-state index is 12.4. The van der Waals surface area contributed by atoms with E-state index in [0.29, 0.717) is 45.5 Å². The number of hydrogen-bond donors (Lipinski definition) is 8. The number of unbranched alkanes of at least 4 members (excludes halogenated alkanes) is 2. The van der Waals surface area contributed by atoms with E-state index in [1.54, 1.807) is 0 Å². The molecular formula is C26H53N7O8S. The van der Waals surface area contributed by atoms with Crippen LogP contribution in [0.3, 0.4) is 0 Å². The normalized spacial score (nSPS) is 13.2. The van der Waals surface area contributed by atoms with Gasteiger partial charge in [-0.05, 0) is 52.1 Å². The van der Waals surface area contributed by atoms with Crippen LogP contribution in [0.25, 0.3) is 0 Å². The number of amides is 4. The molecule has 0 heterocycles. The van der Waals surface area contributed by atoms with E-state index >= 15 is 0 Å². The van der Waals surface area contributed by atoms with E-state index in [1.807, 2.05) is 6.92 Å². The molecule has 0 spiro atoms. The molecule has 0 aliphatic rings. The zero-order valence-corrected chi connectivity index (χ0v) is 25.8. The number of primary amides is 1. The van der Waals surface area contributed by atoms with Gasteiger partial charge in [-0.15, -0.1) is 0 Å². The predicted octanol–water partition coefficient (Wildman–Crippen LogP) is -2.25. The minimum Gasteiger partial charge on any atom is -0.377 e. The lowest BCUT2D eigenvalue weighted by molar-refractivity contribution is -0.131. The first kappa shape index (κ1) is 40.0. The van der Waals surface area contributed by atoms with Gasteiger partial charge in [-0.3, -0.25) is 24.5 Å². The Kier molecular flexibility index (Phi) is 26.4. The minimum atomic E-state index is -0.747. The van der Waals surface area contributed by atoms with E-state index in [0.717, 1.165) is 19.3 Å². The van der Waals surface area contributed by atoms with Crippen molar-refractivity contribution in [2.45, 2.75) is 62.9 Å². The third kappa shape index (κ3) is 24.5. The highest BCUT2D eigenvalue weighted by molar-refractivity contribution is 7.80. The molecule has 246 valence electrons. The van der Waals surface area contributed by atoms with E-state index in [2.05, 4.69) is 33.9 Å². The maximum atomic E-state index is 12.4. The number of carbonyl (C=O) groups is 4. The molecule has 15 nitrogen and oxygen atoms in total. The number of nitrogens with two attached hydrogens (primary N) is 3. The van der Waals surface area contributed by atoms with Crippen molar-refractivity contribution >= 4 is 36.3 Å². The van der Waals surface area contributed by atoms with Crippen molar-refractivity contribution in [3.63, 3.8) is 0 Å². The lowest BCUT2D eigenvalue weighted by atomic mass is 10.1. The van der Waals surface area contributed by atoms with Gasteiger partial charge in [0.15, 0.2) is 0 Å². The smallest absolute Gasteiger partial charge is 0.246 e. The van der Waals surface area contributed by atoms with Crippen LogP contribution in [-0.2, 0) is 38.1 Å². The van der Waals surface area contributed by atoms with E-state index in [9.17, 15) is 19.2 Å². The van der Waals surface area contributed by atoms with Crippen molar-refractivity contribution in [2.75, 3.05) is 79.0 Å². The van der Waals surface area contributed by atoms with Crippen LogP contribution in [0.1, 0.15) is 45.4 Å². The second kappa shape index (κ2) is 27.8. The topological polar surface area (TPSA) is 231 Å². The molecule has 0 aromatic heterocycles. The summed E-state index contributed by atoms with van der Waals surface area (Å²) >= 11 is 4.30. The zero-order valence-electron chi connectivity index (χ0n) is 24.9. The van der Waals surface area contributed by atoms with E-state index < -0.39 is 17.9 Å². The fourth-order valence-corrected chi connectivity index (χ4v) is 3.72. The molecular weight excluding hydrogens is 570 g/mol. The molecule has 0 aromatic rings. The second-order valence-corrected chi connectivity index (χ2v) is 10.2. The van der Waals surface area contributed by atoms with Crippen LogP contribution in [0, 0.1) is 0 Å². The summed E-state index contributed by atoms with van der Waals surface area (Å²) in [6, 6.07) is -1.08. The number of thiol groups is 1. The molecule has 0 rings (SSSR count). The average Bonchev–Trinajstić information content (AvgIpc) is 2.94. The summed E-state index contributed by atoms with van der Waals surface area (Å²) in [7, 11) is 0. The Balaban J connectivity index is 3.69. The summed E-state index contributed by atoms with van der Waals surface area (Å²) in [5.41, 5.74) is 16.2. The van der Waals surface area contributed by atoms with Crippen LogP contribution in [0.2, 0.25) is 0 Å². The Bertz CT molecular complexity index is 737. The molecule has 3 atom stereocenters. The monoisotopic (exact) mass is 623 g/mol. The number of ether oxygens (including phenoxy) is 4. The molecule has 4 amide bonds. The van der Waals surface area contributed by atoms with Gasteiger partial charge in [0.1, 0.15) is 19.3 Å². The van der Waals surface area contributed by atoms with Gasteiger partial charge >= 0.3 is 0 Å². The summed E-state index contributed by atoms with van der Waals surface area (Å²) in [6.07, 6.45) is 4.25. The first-order chi connectivity index (χ1) is 20.2. The number of rotatable bonds is 29. The standard InChI is InChI=1S/C26H53N7O8S/c1-20(42)32-22(7-3-5-9-28)26(37)31-11-13-39-14-16-40-18-23(34)30-10-12-38-15-17-41-19-24(35)33-21(25(29)36)6-2-4-8-27/h20-22,32,42H,2-19,27-28H2,1H3,(H2,29,36)(H,30,34)(H,31,37)(H,33,35)/t20?,21-,22-/m0/s1. The first-order valence-electron chi connectivity index (χ1n) is 14.5. The van der Waals surface area contributed by atoms with Gasteiger partial charge in [-0.25, -0.2) is 0 Å². The van der Waals surface area contributed by atoms with Gasteiger partial charge in [-0.1, -0.05) is 6.42 Å². The Hall–Kier alpha value is -2.05. The Morgan fingerprint density at radius 1 is 0.690 bits per heavy atom. The van der Waals surface area contributed by atoms with Crippen molar-refractivity contribution in [2.24, 2.45) is 17.2 Å². The molecule has 0 bridgehead atoms. The molecule has 0 aliphatic heterocycles. The molecule has 1 unspecified atom stereocenters. The Morgan fingerprint density at radius 2 is 1.19 bits per heavy atom. The van der Waals surface area contributed by atoms with Gasteiger partial charge in [0.2, 0.25) is 23.6 Å². The van der Waals surface area contributed by atoms with Crippen LogP contribution < -0.4 is 38.5 Å². The van der Waals surface area contributed by atoms with Crippen molar-refractivity contribution in [1.29, 1.82) is 0 Å². The van der Waals surface area contributed by atoms with Crippen molar-refractivity contribution in [3.05, 3.63) is 0 Å². The van der Waals surface area contributed by atoms with Gasteiger partial charge in [-0.2, -0.15) is 12.6 Å². The molecule has 0 aromatic carbocycles. The van der Waals surface area contributed by atoms with Crippen LogP contribution in [-0.4, -0.2) is 120 Å². The lowest BCUT2D eigenvalue weighted by Gasteiger charge is -2.20. The van der Waals surface area contributed by atoms with E-state index in [4.69, 9.17) is 36.1 Å². The van der Waals surface area contributed by atoms with Crippen LogP contribution >= 0.6 is 12.6 Å². The largest absolute Gasteiger partial charge is 0.377 e. The maximum Gasteiger partial charge on any atom is 0.246 e. The molecule has 0 saturated heterocycles. The highest BCUT2D eigenvalue weighted by Gasteiger charge is 2.19. The number of carbonyl (C=O) groups excluding carboxylic acids is 4. The molecule has 42 heavy (non-hydrogen) atoms. The predicted molar refractivity (Wildman–Crippen MR) is 162 cm³/mol. The highest BCUT2D eigenvalue weighted by atomic mass is 32.1. The molecule has 10 N–H and O–H groups in total. The SMILES string of the molecule is CC(S)N[C@@H](CCCCN)C(=O)NCCOCCOCC(=O)NCCOCCOCC(=O)N[C@@H](CCCCN)C(N)=O. The average molecular weight is 624 g/mol. The fraction of sp³-hybridized carbons (Fsp3) is 0.846. The Morgan fingerprint density at radius 3 is 1.71 bits per heavy atom. The van der Waals surface area contributed by atoms with Crippen LogP contribution in [0.5, 0.6) is 0 Å². The van der Waals surface area contributed by atoms with Gasteiger partial charge in [0, 0.05) is 18.5 Å². The number of nitrogens with one attached hydrogen (secondary N) is 4. The minimum absolute atomic E-state index is 0.103. The summed E-state index contributed by atoms with van der Waals surface area (Å²) < 4.78 is 21.3. The van der Waals surface area contributed by atoms with Crippen molar-refractivity contribution in [3.8, 4) is 0 Å². The number of hydrogen-bond acceptors (Lipinski definition) is 12. The summed E-state index contributed by atoms with van der Waals surface area (Å²) in [5.74, 6) is -1.43. The third-order valence-electron chi connectivity index (χ3n) is 5.66. The van der Waals surface area contributed by atoms with Crippen molar-refractivity contribution < 1.29 is 38.1 Å². The molecule has 0 radical (unpaired) electrons. The van der Waals surface area contributed by atoms with Crippen LogP contribution in [0.4, 0.5) is 0 Å². The highest BCUT2D eigenvalue weighted by Crippen LogP contribution is 2.03. The van der Waals surface area contributed by atoms with Gasteiger partial charge in [0.25, 0.3) is 0 Å². The first-order valence-corrected chi connectivity index (χ1v) is 15.0. The second-order valence-electron chi connectivity index (χ2n) is 9.46. The molecule has 0 aliphatic carbocycles. The van der Waals surface area contributed by atoms with E-state index in [1.165, 1.54) is 0 Å². The zero-order chi connectivity index (χ0) is 31.4. The van der Waals surface area contributed by atoms with Crippen molar-refractivity contribution in [1.82, 2.24) is 21.3 Å². The van der Waals surface area contributed by atoms with Crippen LogP contribution in [0.15, 0.2) is 0 Å². The summed E-state index contributed by atoms with van der Waals surface area (Å²) in [5, 5.41) is 11.1. The molecule has 16 heteroatoms. The molecule has 0 saturated carbocycles. The quantitative estimate of drug-likeness (QED) is 0.0252. The fourth-order valence-electron chi connectivity index (χ4n) is 3.54.